The van der Waals surface area contributed by atoms with Crippen LogP contribution in [-0.4, -0.2) is 77.5 Å². The summed E-state index contributed by atoms with van der Waals surface area (Å²) in [6.07, 6.45) is 11.9. The molecule has 0 aromatic carbocycles. The number of hydrogen-bond acceptors (Lipinski definition) is 4. The molecule has 9 heteroatoms. The number of hydrogen-bond donors (Lipinski definition) is 0. The molecule has 30 heavy (non-hydrogen) atoms. The summed E-state index contributed by atoms with van der Waals surface area (Å²) >= 11 is 0. The van der Waals surface area contributed by atoms with E-state index in [4.69, 9.17) is 0 Å². The molecule has 1 fully saturated rings. The van der Waals surface area contributed by atoms with Crippen LogP contribution in [0.25, 0.3) is 0 Å². The predicted molar refractivity (Wildman–Crippen MR) is 117 cm³/mol. The molecule has 162 valence electrons. The summed E-state index contributed by atoms with van der Waals surface area (Å²) in [4.78, 5) is 28.6. The van der Waals surface area contributed by atoms with Crippen LogP contribution < -0.4 is 0 Å². The summed E-state index contributed by atoms with van der Waals surface area (Å²) in [5.41, 5.74) is 3.31. The lowest BCUT2D eigenvalue weighted by atomic mass is 9.77. The largest absolute Gasteiger partial charge is 0.327 e. The van der Waals surface area contributed by atoms with E-state index in [-0.39, 0.29) is 62.2 Å². The van der Waals surface area contributed by atoms with Crippen LogP contribution in [0.15, 0.2) is 59.0 Å². The van der Waals surface area contributed by atoms with Crippen molar-refractivity contribution < 1.29 is 18.7 Å². The average molecular weight is 457 g/mol. The number of halogens is 3. The molecule has 2 aliphatic carbocycles. The molecule has 0 radical (unpaired) electrons. The van der Waals surface area contributed by atoms with Gasteiger partial charge in [-0.1, -0.05) is 22.9 Å². The van der Waals surface area contributed by atoms with E-state index in [1.54, 1.807) is 6.08 Å². The fraction of sp³-hybridized carbons (Fsp3) is 0.476. The molecule has 0 saturated carbocycles. The second-order valence-electron chi connectivity index (χ2n) is 8.63. The first-order valence-electron chi connectivity index (χ1n) is 9.82. The molecular formula is C21H27Cl2FN4O2+2. The second kappa shape index (κ2) is 8.04. The fourth-order valence-corrected chi connectivity index (χ4v) is 5.39. The van der Waals surface area contributed by atoms with Crippen LogP contribution in [0.5, 0.6) is 0 Å². The van der Waals surface area contributed by atoms with Gasteiger partial charge in [0, 0.05) is 58.2 Å². The number of rotatable bonds is 3. The van der Waals surface area contributed by atoms with E-state index in [1.165, 1.54) is 0 Å². The maximum atomic E-state index is 16.7. The Morgan fingerprint density at radius 1 is 1.30 bits per heavy atom. The molecular weight excluding hydrogens is 430 g/mol. The van der Waals surface area contributed by atoms with Gasteiger partial charge in [-0.05, 0) is 24.7 Å². The first-order valence-corrected chi connectivity index (χ1v) is 9.82. The summed E-state index contributed by atoms with van der Waals surface area (Å²) in [6, 6.07) is -0.760. The van der Waals surface area contributed by atoms with E-state index in [0.717, 1.165) is 34.6 Å². The van der Waals surface area contributed by atoms with Crippen LogP contribution in [0.3, 0.4) is 0 Å². The van der Waals surface area contributed by atoms with E-state index in [9.17, 15) is 9.70 Å². The molecule has 5 aliphatic rings. The van der Waals surface area contributed by atoms with Crippen LogP contribution in [0, 0.1) is 10.8 Å². The lowest BCUT2D eigenvalue weighted by Gasteiger charge is -2.41. The number of quaternary nitrogens is 1. The van der Waals surface area contributed by atoms with Gasteiger partial charge in [-0.25, -0.2) is 0 Å². The van der Waals surface area contributed by atoms with Crippen molar-refractivity contribution in [1.82, 2.24) is 9.80 Å². The van der Waals surface area contributed by atoms with Gasteiger partial charge in [0.25, 0.3) is 12.2 Å². The highest BCUT2D eigenvalue weighted by Gasteiger charge is 2.65. The maximum absolute atomic E-state index is 16.7. The number of nitrogens with zero attached hydrogens (tertiary/aromatic N) is 4. The third-order valence-corrected chi connectivity index (χ3v) is 6.53. The van der Waals surface area contributed by atoms with Crippen molar-refractivity contribution >= 4 is 30.6 Å². The lowest BCUT2D eigenvalue weighted by molar-refractivity contribution is -1.08. The van der Waals surface area contributed by atoms with E-state index in [1.807, 2.05) is 38.4 Å². The Labute approximate surface area is 188 Å². The fourth-order valence-electron chi connectivity index (χ4n) is 5.39. The molecule has 0 aromatic rings. The lowest BCUT2D eigenvalue weighted by Crippen LogP contribution is -2.59. The number of Topliss-reactive ketones (excluding diaryl/α,β-unsaturated/α-hetero) is 1. The number of fused-ring (bicyclic) bond motifs is 4. The summed E-state index contributed by atoms with van der Waals surface area (Å²) in [5.74, 6) is -0.314. The van der Waals surface area contributed by atoms with Crippen molar-refractivity contribution in [2.45, 2.75) is 18.5 Å². The molecule has 4 unspecified atom stereocenters. The van der Waals surface area contributed by atoms with Crippen LogP contribution >= 0.6 is 24.8 Å². The third kappa shape index (κ3) is 3.28. The Hall–Kier alpha value is -1.80. The van der Waals surface area contributed by atoms with Crippen molar-refractivity contribution in [3.63, 3.8) is 0 Å². The van der Waals surface area contributed by atoms with Crippen molar-refractivity contribution in [2.24, 2.45) is 5.92 Å². The minimum atomic E-state index is -0.611. The first kappa shape index (κ1) is 22.9. The number of carbonyl (C=O) groups is 1. The van der Waals surface area contributed by atoms with Crippen LogP contribution in [0.2, 0.25) is 0 Å². The number of likely N-dealkylation sites (N-methyl/N-ethyl adjacent to an activating group) is 1. The van der Waals surface area contributed by atoms with Crippen molar-refractivity contribution in [1.29, 1.82) is 0 Å². The maximum Gasteiger partial charge on any atom is 0.256 e. The standard InChI is InChI=1S/C21H25FN4O2.2ClH/c1-23(2)8-9-24-11-14-4-3-5-16-20-17-10-15(27)12-25(28)18(17)6-7-19(20)26(22,13-24)21(14)16;;/h3-7,11,19-21H,8-10,12-13H2,1-2H3;2*1H/q+2;;. The normalized spacial score (nSPS) is 33.3. The van der Waals surface area contributed by atoms with Gasteiger partial charge in [-0.15, -0.1) is 24.8 Å². The Morgan fingerprint density at radius 2 is 2.07 bits per heavy atom. The van der Waals surface area contributed by atoms with Crippen LogP contribution in [0.1, 0.15) is 6.42 Å². The molecule has 0 bridgehead atoms. The number of allylic oxidation sites excluding steroid dienone is 3. The Kier molecular flexibility index (Phi) is 6.13. The zero-order valence-corrected chi connectivity index (χ0v) is 18.7. The molecule has 3 heterocycles. The van der Waals surface area contributed by atoms with E-state index >= 15 is 4.48 Å². The zero-order valence-electron chi connectivity index (χ0n) is 17.0. The highest BCUT2D eigenvalue weighted by molar-refractivity contribution is 5.85. The number of ketones is 1. The van der Waals surface area contributed by atoms with Gasteiger partial charge in [-0.3, -0.25) is 4.79 Å². The van der Waals surface area contributed by atoms with Crippen LogP contribution in [-0.2, 0) is 4.79 Å². The van der Waals surface area contributed by atoms with Gasteiger partial charge < -0.3 is 9.80 Å². The molecule has 1 saturated heterocycles. The van der Waals surface area contributed by atoms with Crippen molar-refractivity contribution in [3.05, 3.63) is 63.9 Å². The highest BCUT2D eigenvalue weighted by Crippen LogP contribution is 2.54. The Morgan fingerprint density at radius 3 is 2.80 bits per heavy atom. The summed E-state index contributed by atoms with van der Waals surface area (Å²) in [7, 11) is 4.03. The Balaban J connectivity index is 0.00000128. The predicted octanol–water partition coefficient (Wildman–Crippen LogP) is 2.69. The van der Waals surface area contributed by atoms with Gasteiger partial charge in [-0.2, -0.15) is 0 Å². The Bertz CT molecular complexity index is 939. The van der Waals surface area contributed by atoms with Gasteiger partial charge in [0.15, 0.2) is 18.8 Å². The monoisotopic (exact) mass is 456 g/mol. The zero-order chi connectivity index (χ0) is 19.6. The summed E-state index contributed by atoms with van der Waals surface area (Å²) < 4.78 is 16.8. The topological polar surface area (TPSA) is 43.6 Å². The van der Waals surface area contributed by atoms with E-state index in [0.29, 0.717) is 5.70 Å². The molecule has 3 aliphatic heterocycles. The molecule has 0 spiro atoms. The van der Waals surface area contributed by atoms with Crippen LogP contribution in [0.4, 0.5) is 4.48 Å². The second-order valence-corrected chi connectivity index (χ2v) is 8.63. The number of nitroso groups, excluding NO2 is 1. The minimum Gasteiger partial charge on any atom is -0.327 e. The molecule has 0 amide bonds. The van der Waals surface area contributed by atoms with Gasteiger partial charge in [0.2, 0.25) is 5.78 Å². The smallest absolute Gasteiger partial charge is 0.256 e. The minimum absolute atomic E-state index is 0. The molecule has 5 rings (SSSR count). The molecule has 6 nitrogen and oxygen atoms in total. The van der Waals surface area contributed by atoms with Gasteiger partial charge in [0.1, 0.15) is 0 Å². The first-order chi connectivity index (χ1) is 13.4. The van der Waals surface area contributed by atoms with E-state index in [2.05, 4.69) is 16.0 Å². The highest BCUT2D eigenvalue weighted by atomic mass is 35.5. The van der Waals surface area contributed by atoms with Gasteiger partial charge >= 0.3 is 0 Å². The third-order valence-electron chi connectivity index (χ3n) is 6.53. The van der Waals surface area contributed by atoms with Crippen molar-refractivity contribution in [2.75, 3.05) is 40.4 Å². The van der Waals surface area contributed by atoms with Gasteiger partial charge in [0.05, 0.1) is 5.92 Å². The molecule has 4 atom stereocenters. The molecule has 0 N–H and O–H groups in total. The summed E-state index contributed by atoms with van der Waals surface area (Å²) in [6.45, 7) is 1.76. The van der Waals surface area contributed by atoms with E-state index < -0.39 is 10.7 Å². The average Bonchev–Trinajstić information content (AvgIpc) is 2.90. The quantitative estimate of drug-likeness (QED) is 0.483. The molecule has 0 aromatic heterocycles. The number of carbonyl (C=O) groups excluding carboxylic acids is 1. The van der Waals surface area contributed by atoms with Crippen molar-refractivity contribution in [3.8, 4) is 0 Å². The summed E-state index contributed by atoms with van der Waals surface area (Å²) in [5, 5.41) is 0. The SMILES string of the molecule is CN(C)CCN1C=C2C=CC=C3C4C5=C(C=CC4[N+](F)(C1)C23)[N+](=O)CC(=O)C5.Cl.Cl.